The fourth-order valence-corrected chi connectivity index (χ4v) is 2.12. The second-order valence-electron chi connectivity index (χ2n) is 4.69. The number of hydrogen-bond acceptors (Lipinski definition) is 3. The fraction of sp³-hybridized carbons (Fsp3) is 0.909. The highest BCUT2D eigenvalue weighted by molar-refractivity contribution is 5.77. The molecule has 0 spiro atoms. The molecule has 0 radical (unpaired) electrons. The average molecular weight is 211 g/mol. The molecule has 2 fully saturated rings. The van der Waals surface area contributed by atoms with Gasteiger partial charge in [0.1, 0.15) is 0 Å². The van der Waals surface area contributed by atoms with Crippen molar-refractivity contribution in [2.24, 2.45) is 11.7 Å². The zero-order valence-corrected chi connectivity index (χ0v) is 9.24. The molecule has 0 aromatic carbocycles. The molecule has 4 nitrogen and oxygen atoms in total. The van der Waals surface area contributed by atoms with E-state index in [0.717, 1.165) is 32.6 Å². The third-order valence-electron chi connectivity index (χ3n) is 3.33. The van der Waals surface area contributed by atoms with E-state index in [2.05, 4.69) is 5.32 Å². The molecule has 1 saturated carbocycles. The molecule has 3 N–H and O–H groups in total. The second-order valence-corrected chi connectivity index (χ2v) is 4.69. The molecule has 1 saturated heterocycles. The summed E-state index contributed by atoms with van der Waals surface area (Å²) in [5, 5.41) is 3.30. The number of hydrogen-bond donors (Lipinski definition) is 2. The zero-order valence-electron chi connectivity index (χ0n) is 9.24. The number of nitrogens with zero attached hydrogens (tertiary/aromatic N) is 1. The number of nitrogens with one attached hydrogen (secondary N) is 1. The number of amides is 1. The van der Waals surface area contributed by atoms with Crippen molar-refractivity contribution in [2.75, 3.05) is 26.2 Å². The quantitative estimate of drug-likeness (QED) is 0.687. The lowest BCUT2D eigenvalue weighted by Crippen LogP contribution is -2.38. The molecule has 86 valence electrons. The maximum Gasteiger partial charge on any atom is 0.224 e. The first-order valence-electron chi connectivity index (χ1n) is 6.01. The van der Waals surface area contributed by atoms with Crippen molar-refractivity contribution < 1.29 is 4.79 Å². The smallest absolute Gasteiger partial charge is 0.224 e. The summed E-state index contributed by atoms with van der Waals surface area (Å²) in [6.07, 6.45) is 4.04. The van der Waals surface area contributed by atoms with Gasteiger partial charge in [-0.3, -0.25) is 4.79 Å². The lowest BCUT2D eigenvalue weighted by Gasteiger charge is -2.21. The summed E-state index contributed by atoms with van der Waals surface area (Å²) in [7, 11) is 0. The van der Waals surface area contributed by atoms with E-state index in [4.69, 9.17) is 5.73 Å². The molecular weight excluding hydrogens is 190 g/mol. The van der Waals surface area contributed by atoms with E-state index in [-0.39, 0.29) is 11.9 Å². The molecule has 1 heterocycles. The Kier molecular flexibility index (Phi) is 3.59. The SMILES string of the molecule is NC(CC(=O)N1CCCNCC1)C1CC1. The van der Waals surface area contributed by atoms with Gasteiger partial charge in [0.2, 0.25) is 5.91 Å². The summed E-state index contributed by atoms with van der Waals surface area (Å²) < 4.78 is 0. The first-order valence-corrected chi connectivity index (χ1v) is 6.01. The monoisotopic (exact) mass is 211 g/mol. The van der Waals surface area contributed by atoms with Gasteiger partial charge in [-0.25, -0.2) is 0 Å². The minimum Gasteiger partial charge on any atom is -0.341 e. The van der Waals surface area contributed by atoms with Crippen LogP contribution in [0.2, 0.25) is 0 Å². The average Bonchev–Trinajstić information content (AvgIpc) is 3.05. The Morgan fingerprint density at radius 3 is 2.93 bits per heavy atom. The Labute approximate surface area is 91.2 Å². The van der Waals surface area contributed by atoms with Crippen molar-refractivity contribution >= 4 is 5.91 Å². The molecule has 0 bridgehead atoms. The third kappa shape index (κ3) is 3.18. The molecule has 0 aromatic rings. The van der Waals surface area contributed by atoms with Crippen LogP contribution in [-0.2, 0) is 4.79 Å². The molecule has 1 aliphatic heterocycles. The molecule has 1 atom stereocenters. The largest absolute Gasteiger partial charge is 0.341 e. The maximum atomic E-state index is 11.9. The maximum absolute atomic E-state index is 11.9. The molecular formula is C11H21N3O. The van der Waals surface area contributed by atoms with Crippen LogP contribution >= 0.6 is 0 Å². The van der Waals surface area contributed by atoms with Crippen molar-refractivity contribution in [3.05, 3.63) is 0 Å². The van der Waals surface area contributed by atoms with Gasteiger partial charge in [0, 0.05) is 32.1 Å². The van der Waals surface area contributed by atoms with Crippen molar-refractivity contribution in [3.63, 3.8) is 0 Å². The molecule has 1 unspecified atom stereocenters. The van der Waals surface area contributed by atoms with Gasteiger partial charge in [-0.1, -0.05) is 0 Å². The zero-order chi connectivity index (χ0) is 10.7. The minimum atomic E-state index is 0.105. The molecule has 1 amide bonds. The van der Waals surface area contributed by atoms with Crippen molar-refractivity contribution in [1.29, 1.82) is 0 Å². The van der Waals surface area contributed by atoms with Gasteiger partial charge in [-0.05, 0) is 31.7 Å². The van der Waals surface area contributed by atoms with Crippen LogP contribution < -0.4 is 11.1 Å². The van der Waals surface area contributed by atoms with Gasteiger partial charge >= 0.3 is 0 Å². The molecule has 4 heteroatoms. The Morgan fingerprint density at radius 1 is 1.40 bits per heavy atom. The molecule has 15 heavy (non-hydrogen) atoms. The lowest BCUT2D eigenvalue weighted by atomic mass is 10.1. The first-order chi connectivity index (χ1) is 7.27. The van der Waals surface area contributed by atoms with E-state index >= 15 is 0 Å². The van der Waals surface area contributed by atoms with E-state index in [1.807, 2.05) is 4.90 Å². The van der Waals surface area contributed by atoms with E-state index in [1.165, 1.54) is 12.8 Å². The van der Waals surface area contributed by atoms with Crippen LogP contribution in [0.5, 0.6) is 0 Å². The molecule has 2 aliphatic rings. The van der Waals surface area contributed by atoms with Crippen LogP contribution in [0.15, 0.2) is 0 Å². The predicted octanol–water partition coefficient (Wildman–Crippen LogP) is -0.0643. The number of carbonyl (C=O) groups excluding carboxylic acids is 1. The summed E-state index contributed by atoms with van der Waals surface area (Å²) in [6, 6.07) is 0.105. The van der Waals surface area contributed by atoms with Crippen LogP contribution in [0.4, 0.5) is 0 Å². The summed E-state index contributed by atoms with van der Waals surface area (Å²) in [4.78, 5) is 13.9. The van der Waals surface area contributed by atoms with E-state index in [1.54, 1.807) is 0 Å². The molecule has 0 aromatic heterocycles. The molecule has 1 aliphatic carbocycles. The van der Waals surface area contributed by atoms with Crippen LogP contribution in [-0.4, -0.2) is 43.0 Å². The topological polar surface area (TPSA) is 58.4 Å². The van der Waals surface area contributed by atoms with Gasteiger partial charge in [0.15, 0.2) is 0 Å². The van der Waals surface area contributed by atoms with Crippen LogP contribution in [0.1, 0.15) is 25.7 Å². The van der Waals surface area contributed by atoms with Crippen molar-refractivity contribution in [1.82, 2.24) is 10.2 Å². The normalized spacial score (nSPS) is 24.7. The van der Waals surface area contributed by atoms with Gasteiger partial charge in [-0.15, -0.1) is 0 Å². The van der Waals surface area contributed by atoms with Gasteiger partial charge in [0.25, 0.3) is 0 Å². The van der Waals surface area contributed by atoms with E-state index < -0.39 is 0 Å². The van der Waals surface area contributed by atoms with Gasteiger partial charge in [0.05, 0.1) is 0 Å². The van der Waals surface area contributed by atoms with Gasteiger partial charge in [-0.2, -0.15) is 0 Å². The van der Waals surface area contributed by atoms with Crippen LogP contribution in [0.25, 0.3) is 0 Å². The highest BCUT2D eigenvalue weighted by Crippen LogP contribution is 2.32. The fourth-order valence-electron chi connectivity index (χ4n) is 2.12. The van der Waals surface area contributed by atoms with Crippen molar-refractivity contribution in [3.8, 4) is 0 Å². The Hall–Kier alpha value is -0.610. The van der Waals surface area contributed by atoms with Gasteiger partial charge < -0.3 is 16.0 Å². The lowest BCUT2D eigenvalue weighted by molar-refractivity contribution is -0.131. The Balaban J connectivity index is 1.77. The van der Waals surface area contributed by atoms with Crippen molar-refractivity contribution in [2.45, 2.75) is 31.7 Å². The Bertz CT molecular complexity index is 220. The number of nitrogens with two attached hydrogens (primary N) is 1. The second kappa shape index (κ2) is 4.94. The Morgan fingerprint density at radius 2 is 2.20 bits per heavy atom. The van der Waals surface area contributed by atoms with E-state index in [0.29, 0.717) is 12.3 Å². The summed E-state index contributed by atoms with van der Waals surface area (Å²) in [5.41, 5.74) is 5.96. The summed E-state index contributed by atoms with van der Waals surface area (Å²) in [5.74, 6) is 0.872. The first kappa shape index (κ1) is 10.9. The summed E-state index contributed by atoms with van der Waals surface area (Å²) >= 11 is 0. The number of rotatable bonds is 3. The number of carbonyl (C=O) groups is 1. The van der Waals surface area contributed by atoms with Crippen LogP contribution in [0, 0.1) is 5.92 Å². The standard InChI is InChI=1S/C11H21N3O/c12-10(9-2-3-9)8-11(15)14-6-1-4-13-5-7-14/h9-10,13H,1-8,12H2. The van der Waals surface area contributed by atoms with E-state index in [9.17, 15) is 4.79 Å². The highest BCUT2D eigenvalue weighted by Gasteiger charge is 2.30. The van der Waals surface area contributed by atoms with Crippen LogP contribution in [0.3, 0.4) is 0 Å². The highest BCUT2D eigenvalue weighted by atomic mass is 16.2. The third-order valence-corrected chi connectivity index (χ3v) is 3.33. The minimum absolute atomic E-state index is 0.105. The molecule has 2 rings (SSSR count). The summed E-state index contributed by atoms with van der Waals surface area (Å²) in [6.45, 7) is 3.68. The predicted molar refractivity (Wildman–Crippen MR) is 59.4 cm³/mol.